The summed E-state index contributed by atoms with van der Waals surface area (Å²) in [6, 6.07) is 18.1. The van der Waals surface area contributed by atoms with Crippen molar-refractivity contribution < 1.29 is 0 Å². The third-order valence-corrected chi connectivity index (χ3v) is 4.79. The number of halogens is 1. The lowest BCUT2D eigenvalue weighted by atomic mass is 10.0. The lowest BCUT2D eigenvalue weighted by molar-refractivity contribution is 0.263. The number of nitrogens with zero attached hydrogens (tertiary/aromatic N) is 1. The Morgan fingerprint density at radius 3 is 1.90 bits per heavy atom. The standard InChI is InChI=1S/C18H20BrN/c1-14(20-12-2-3-13-20)15-4-6-16(7-5-15)17-8-10-18(19)11-9-17/h4-11,14H,2-3,12-13H2,1H3/t14-/m0/s1. The molecule has 2 heteroatoms. The van der Waals surface area contributed by atoms with Gasteiger partial charge in [0.1, 0.15) is 0 Å². The summed E-state index contributed by atoms with van der Waals surface area (Å²) in [4.78, 5) is 2.58. The molecule has 1 atom stereocenters. The first kappa shape index (κ1) is 13.8. The Morgan fingerprint density at radius 1 is 0.850 bits per heavy atom. The van der Waals surface area contributed by atoms with Gasteiger partial charge >= 0.3 is 0 Å². The van der Waals surface area contributed by atoms with E-state index in [-0.39, 0.29) is 0 Å². The molecule has 1 aliphatic heterocycles. The largest absolute Gasteiger partial charge is 0.297 e. The molecule has 0 aromatic heterocycles. The van der Waals surface area contributed by atoms with E-state index in [9.17, 15) is 0 Å². The van der Waals surface area contributed by atoms with Gasteiger partial charge in [0.2, 0.25) is 0 Å². The van der Waals surface area contributed by atoms with Gasteiger partial charge in [-0.15, -0.1) is 0 Å². The molecule has 1 heterocycles. The second-order valence-electron chi connectivity index (χ2n) is 5.55. The van der Waals surface area contributed by atoms with Crippen molar-refractivity contribution in [3.8, 4) is 11.1 Å². The van der Waals surface area contributed by atoms with E-state index < -0.39 is 0 Å². The van der Waals surface area contributed by atoms with Crippen LogP contribution in [0.2, 0.25) is 0 Å². The summed E-state index contributed by atoms with van der Waals surface area (Å²) in [6.07, 6.45) is 2.70. The van der Waals surface area contributed by atoms with E-state index in [1.54, 1.807) is 0 Å². The van der Waals surface area contributed by atoms with Crippen LogP contribution in [0.15, 0.2) is 53.0 Å². The Bertz CT molecular complexity index is 553. The zero-order chi connectivity index (χ0) is 13.9. The Morgan fingerprint density at radius 2 is 1.35 bits per heavy atom. The van der Waals surface area contributed by atoms with Gasteiger partial charge in [-0.05, 0) is 61.7 Å². The minimum Gasteiger partial charge on any atom is -0.297 e. The molecule has 0 saturated carbocycles. The fourth-order valence-electron chi connectivity index (χ4n) is 2.94. The zero-order valence-corrected chi connectivity index (χ0v) is 13.4. The van der Waals surface area contributed by atoms with Gasteiger partial charge in [0.25, 0.3) is 0 Å². The Balaban J connectivity index is 1.78. The molecule has 0 bridgehead atoms. The summed E-state index contributed by atoms with van der Waals surface area (Å²) < 4.78 is 1.13. The topological polar surface area (TPSA) is 3.24 Å². The lowest BCUT2D eigenvalue weighted by Gasteiger charge is -2.24. The van der Waals surface area contributed by atoms with Crippen LogP contribution in [0, 0.1) is 0 Å². The predicted octanol–water partition coefficient (Wildman–Crippen LogP) is 5.27. The maximum Gasteiger partial charge on any atom is 0.0319 e. The summed E-state index contributed by atoms with van der Waals surface area (Å²) in [5.41, 5.74) is 3.98. The molecule has 0 radical (unpaired) electrons. The number of hydrogen-bond donors (Lipinski definition) is 0. The molecule has 0 spiro atoms. The van der Waals surface area contributed by atoms with Gasteiger partial charge in [0, 0.05) is 10.5 Å². The highest BCUT2D eigenvalue weighted by atomic mass is 79.9. The smallest absolute Gasteiger partial charge is 0.0319 e. The molecule has 20 heavy (non-hydrogen) atoms. The van der Waals surface area contributed by atoms with Crippen LogP contribution in [-0.2, 0) is 0 Å². The highest BCUT2D eigenvalue weighted by Gasteiger charge is 2.19. The van der Waals surface area contributed by atoms with E-state index in [4.69, 9.17) is 0 Å². The van der Waals surface area contributed by atoms with Crippen molar-refractivity contribution in [2.24, 2.45) is 0 Å². The molecule has 0 aliphatic carbocycles. The van der Waals surface area contributed by atoms with Crippen LogP contribution < -0.4 is 0 Å². The molecule has 1 nitrogen and oxygen atoms in total. The molecular weight excluding hydrogens is 310 g/mol. The van der Waals surface area contributed by atoms with Crippen LogP contribution in [0.25, 0.3) is 11.1 Å². The summed E-state index contributed by atoms with van der Waals surface area (Å²) in [7, 11) is 0. The molecule has 1 fully saturated rings. The van der Waals surface area contributed by atoms with Gasteiger partial charge < -0.3 is 0 Å². The third-order valence-electron chi connectivity index (χ3n) is 4.26. The van der Waals surface area contributed by atoms with Crippen molar-refractivity contribution in [2.75, 3.05) is 13.1 Å². The van der Waals surface area contributed by atoms with Crippen LogP contribution in [-0.4, -0.2) is 18.0 Å². The fraction of sp³-hybridized carbons (Fsp3) is 0.333. The van der Waals surface area contributed by atoms with Gasteiger partial charge in [0.05, 0.1) is 0 Å². The van der Waals surface area contributed by atoms with E-state index in [0.29, 0.717) is 6.04 Å². The highest BCUT2D eigenvalue weighted by molar-refractivity contribution is 9.10. The molecule has 3 rings (SSSR count). The van der Waals surface area contributed by atoms with Crippen LogP contribution in [0.1, 0.15) is 31.4 Å². The third kappa shape index (κ3) is 2.97. The first-order valence-electron chi connectivity index (χ1n) is 7.34. The van der Waals surface area contributed by atoms with Crippen molar-refractivity contribution in [3.63, 3.8) is 0 Å². The number of rotatable bonds is 3. The van der Waals surface area contributed by atoms with Crippen molar-refractivity contribution in [2.45, 2.75) is 25.8 Å². The second kappa shape index (κ2) is 6.11. The molecule has 0 N–H and O–H groups in total. The Kier molecular flexibility index (Phi) is 4.23. The minimum atomic E-state index is 0.538. The zero-order valence-electron chi connectivity index (χ0n) is 11.8. The maximum atomic E-state index is 3.48. The van der Waals surface area contributed by atoms with Gasteiger partial charge in [-0.2, -0.15) is 0 Å². The molecule has 0 unspecified atom stereocenters. The van der Waals surface area contributed by atoms with Gasteiger partial charge in [-0.3, -0.25) is 4.90 Å². The highest BCUT2D eigenvalue weighted by Crippen LogP contribution is 2.27. The van der Waals surface area contributed by atoms with Gasteiger partial charge in [0.15, 0.2) is 0 Å². The molecule has 104 valence electrons. The normalized spacial score (nSPS) is 17.3. The lowest BCUT2D eigenvalue weighted by Crippen LogP contribution is -2.23. The summed E-state index contributed by atoms with van der Waals surface area (Å²) >= 11 is 3.48. The first-order chi connectivity index (χ1) is 9.74. The SMILES string of the molecule is C[C@@H](c1ccc(-c2ccc(Br)cc2)cc1)N1CCCC1. The molecule has 2 aromatic rings. The average molecular weight is 330 g/mol. The predicted molar refractivity (Wildman–Crippen MR) is 88.8 cm³/mol. The van der Waals surface area contributed by atoms with Crippen LogP contribution in [0.4, 0.5) is 0 Å². The summed E-state index contributed by atoms with van der Waals surface area (Å²) in [5, 5.41) is 0. The summed E-state index contributed by atoms with van der Waals surface area (Å²) in [5.74, 6) is 0. The van der Waals surface area contributed by atoms with E-state index >= 15 is 0 Å². The molecular formula is C18H20BrN. The number of benzene rings is 2. The van der Waals surface area contributed by atoms with Crippen molar-refractivity contribution in [1.82, 2.24) is 4.90 Å². The van der Waals surface area contributed by atoms with Crippen molar-refractivity contribution in [1.29, 1.82) is 0 Å². The number of likely N-dealkylation sites (tertiary alicyclic amines) is 1. The molecule has 1 saturated heterocycles. The van der Waals surface area contributed by atoms with Gasteiger partial charge in [-0.1, -0.05) is 52.3 Å². The Hall–Kier alpha value is -1.12. The van der Waals surface area contributed by atoms with E-state index in [1.165, 1.54) is 42.6 Å². The van der Waals surface area contributed by atoms with Crippen molar-refractivity contribution >= 4 is 15.9 Å². The summed E-state index contributed by atoms with van der Waals surface area (Å²) in [6.45, 7) is 4.81. The van der Waals surface area contributed by atoms with E-state index in [2.05, 4.69) is 76.3 Å². The van der Waals surface area contributed by atoms with E-state index in [0.717, 1.165) is 4.47 Å². The average Bonchev–Trinajstić information content (AvgIpc) is 3.02. The monoisotopic (exact) mass is 329 g/mol. The molecule has 0 amide bonds. The molecule has 1 aliphatic rings. The van der Waals surface area contributed by atoms with Crippen LogP contribution >= 0.6 is 15.9 Å². The fourth-order valence-corrected chi connectivity index (χ4v) is 3.20. The van der Waals surface area contributed by atoms with Crippen molar-refractivity contribution in [3.05, 3.63) is 58.6 Å². The first-order valence-corrected chi connectivity index (χ1v) is 8.13. The molecule has 2 aromatic carbocycles. The Labute approximate surface area is 129 Å². The maximum absolute atomic E-state index is 3.48. The minimum absolute atomic E-state index is 0.538. The number of hydrogen-bond acceptors (Lipinski definition) is 1. The second-order valence-corrected chi connectivity index (χ2v) is 6.46. The van der Waals surface area contributed by atoms with Crippen LogP contribution in [0.3, 0.4) is 0 Å². The van der Waals surface area contributed by atoms with Crippen LogP contribution in [0.5, 0.6) is 0 Å². The quantitative estimate of drug-likeness (QED) is 0.741. The van der Waals surface area contributed by atoms with Gasteiger partial charge in [-0.25, -0.2) is 0 Å². The van der Waals surface area contributed by atoms with E-state index in [1.807, 2.05) is 0 Å².